The van der Waals surface area contributed by atoms with Gasteiger partial charge in [0, 0.05) is 18.9 Å². The van der Waals surface area contributed by atoms with E-state index in [0.29, 0.717) is 5.56 Å². The number of hydrogen-bond donors (Lipinski definition) is 2. The Morgan fingerprint density at radius 3 is 2.39 bits per heavy atom. The maximum Gasteiger partial charge on any atom is 0.246 e. The second-order valence-corrected chi connectivity index (χ2v) is 5.30. The van der Waals surface area contributed by atoms with Gasteiger partial charge in [0.2, 0.25) is 10.0 Å². The summed E-state index contributed by atoms with van der Waals surface area (Å²) in [6.07, 6.45) is 3.20. The molecule has 0 aliphatic heterocycles. The van der Waals surface area contributed by atoms with Crippen LogP contribution in [0.3, 0.4) is 0 Å². The Labute approximate surface area is 103 Å². The minimum atomic E-state index is -4.21. The van der Waals surface area contributed by atoms with Crippen molar-refractivity contribution < 1.29 is 17.2 Å². The molecule has 7 heteroatoms. The first-order chi connectivity index (χ1) is 8.50. The van der Waals surface area contributed by atoms with Crippen LogP contribution < -0.4 is 4.72 Å². The van der Waals surface area contributed by atoms with E-state index in [2.05, 4.69) is 9.71 Å². The molecule has 0 saturated heterocycles. The highest BCUT2D eigenvalue weighted by Crippen LogP contribution is 2.18. The molecule has 2 N–H and O–H groups in total. The third-order valence-electron chi connectivity index (χ3n) is 2.32. The van der Waals surface area contributed by atoms with Gasteiger partial charge in [-0.1, -0.05) is 6.07 Å². The molecule has 0 aliphatic carbocycles. The lowest BCUT2D eigenvalue weighted by Crippen LogP contribution is -2.25. The standard InChI is InChI=1S/C11H10F2N2O2S/c12-9-2-1-3-10(13)11(9)18(16,17)15-7-8-4-5-14-6-8/h1-6,14-15H,7H2. The zero-order valence-corrected chi connectivity index (χ0v) is 9.97. The molecule has 0 saturated carbocycles. The van der Waals surface area contributed by atoms with Crippen molar-refractivity contribution in [2.45, 2.75) is 11.4 Å². The Morgan fingerprint density at radius 1 is 1.17 bits per heavy atom. The molecule has 1 aromatic carbocycles. The van der Waals surface area contributed by atoms with Gasteiger partial charge >= 0.3 is 0 Å². The monoisotopic (exact) mass is 272 g/mol. The normalized spacial score (nSPS) is 11.7. The number of halogens is 2. The van der Waals surface area contributed by atoms with Crippen LogP contribution >= 0.6 is 0 Å². The first-order valence-electron chi connectivity index (χ1n) is 5.06. The number of hydrogen-bond acceptors (Lipinski definition) is 2. The Morgan fingerprint density at radius 2 is 1.83 bits per heavy atom. The fraction of sp³-hybridized carbons (Fsp3) is 0.0909. The largest absolute Gasteiger partial charge is 0.367 e. The number of H-pyrrole nitrogens is 1. The van der Waals surface area contributed by atoms with Gasteiger partial charge in [0.15, 0.2) is 4.90 Å². The number of nitrogens with one attached hydrogen (secondary N) is 2. The van der Waals surface area contributed by atoms with Crippen molar-refractivity contribution in [2.24, 2.45) is 0 Å². The Balaban J connectivity index is 2.26. The molecule has 18 heavy (non-hydrogen) atoms. The van der Waals surface area contributed by atoms with Crippen molar-refractivity contribution >= 4 is 10.0 Å². The highest BCUT2D eigenvalue weighted by Gasteiger charge is 2.23. The van der Waals surface area contributed by atoms with E-state index in [1.807, 2.05) is 0 Å². The van der Waals surface area contributed by atoms with E-state index in [9.17, 15) is 17.2 Å². The van der Waals surface area contributed by atoms with Crippen LogP contribution in [-0.2, 0) is 16.6 Å². The van der Waals surface area contributed by atoms with Crippen LogP contribution in [-0.4, -0.2) is 13.4 Å². The molecule has 0 spiro atoms. The van der Waals surface area contributed by atoms with Crippen molar-refractivity contribution in [1.29, 1.82) is 0 Å². The molecule has 1 aromatic heterocycles. The van der Waals surface area contributed by atoms with E-state index < -0.39 is 26.6 Å². The maximum atomic E-state index is 13.3. The Hall–Kier alpha value is -1.73. The summed E-state index contributed by atoms with van der Waals surface area (Å²) in [5, 5.41) is 0. The first-order valence-corrected chi connectivity index (χ1v) is 6.54. The van der Waals surface area contributed by atoms with Crippen molar-refractivity contribution in [3.8, 4) is 0 Å². The van der Waals surface area contributed by atoms with Crippen LogP contribution in [0.15, 0.2) is 41.6 Å². The minimum Gasteiger partial charge on any atom is -0.367 e. The molecular formula is C11H10F2N2O2S. The van der Waals surface area contributed by atoms with Crippen LogP contribution in [0.1, 0.15) is 5.56 Å². The zero-order valence-electron chi connectivity index (χ0n) is 9.15. The number of aromatic amines is 1. The molecule has 2 aromatic rings. The lowest BCUT2D eigenvalue weighted by molar-refractivity contribution is 0.514. The fourth-order valence-electron chi connectivity index (χ4n) is 1.46. The van der Waals surface area contributed by atoms with Gasteiger partial charge in [0.1, 0.15) is 11.6 Å². The lowest BCUT2D eigenvalue weighted by Gasteiger charge is -2.07. The second kappa shape index (κ2) is 4.87. The van der Waals surface area contributed by atoms with E-state index >= 15 is 0 Å². The topological polar surface area (TPSA) is 62.0 Å². The molecule has 0 bridgehead atoms. The Bertz CT molecular complexity index is 619. The summed E-state index contributed by atoms with van der Waals surface area (Å²) in [5.74, 6) is -2.23. The van der Waals surface area contributed by atoms with Crippen molar-refractivity contribution in [3.63, 3.8) is 0 Å². The number of benzene rings is 1. The third-order valence-corrected chi connectivity index (χ3v) is 3.77. The van der Waals surface area contributed by atoms with Gasteiger partial charge < -0.3 is 4.98 Å². The molecule has 4 nitrogen and oxygen atoms in total. The molecule has 0 radical (unpaired) electrons. The summed E-state index contributed by atoms with van der Waals surface area (Å²) >= 11 is 0. The van der Waals surface area contributed by atoms with Gasteiger partial charge in [-0.05, 0) is 23.8 Å². The SMILES string of the molecule is O=S(=O)(NCc1cc[nH]c1)c1c(F)cccc1F. The molecule has 0 aliphatic rings. The molecule has 2 rings (SSSR count). The van der Waals surface area contributed by atoms with E-state index in [1.54, 1.807) is 18.5 Å². The van der Waals surface area contributed by atoms with Crippen molar-refractivity contribution in [1.82, 2.24) is 9.71 Å². The van der Waals surface area contributed by atoms with Crippen molar-refractivity contribution in [3.05, 3.63) is 53.9 Å². The quantitative estimate of drug-likeness (QED) is 0.891. The van der Waals surface area contributed by atoms with E-state index in [1.165, 1.54) is 0 Å². The van der Waals surface area contributed by atoms with Gasteiger partial charge in [-0.2, -0.15) is 0 Å². The first kappa shape index (κ1) is 12.7. The smallest absolute Gasteiger partial charge is 0.246 e. The van der Waals surface area contributed by atoms with E-state index in [-0.39, 0.29) is 6.54 Å². The number of aromatic nitrogens is 1. The average molecular weight is 272 g/mol. The van der Waals surface area contributed by atoms with E-state index in [4.69, 9.17) is 0 Å². The van der Waals surface area contributed by atoms with Gasteiger partial charge in [-0.25, -0.2) is 21.9 Å². The zero-order chi connectivity index (χ0) is 13.2. The number of rotatable bonds is 4. The molecule has 0 atom stereocenters. The van der Waals surface area contributed by atoms with E-state index in [0.717, 1.165) is 18.2 Å². The van der Waals surface area contributed by atoms with Crippen LogP contribution in [0.4, 0.5) is 8.78 Å². The Kier molecular flexibility index (Phi) is 3.44. The highest BCUT2D eigenvalue weighted by molar-refractivity contribution is 7.89. The van der Waals surface area contributed by atoms with Crippen LogP contribution in [0.25, 0.3) is 0 Å². The van der Waals surface area contributed by atoms with Crippen LogP contribution in [0.5, 0.6) is 0 Å². The van der Waals surface area contributed by atoms with Crippen LogP contribution in [0.2, 0.25) is 0 Å². The predicted molar refractivity (Wildman–Crippen MR) is 61.2 cm³/mol. The second-order valence-electron chi connectivity index (χ2n) is 3.59. The van der Waals surface area contributed by atoms with Gasteiger partial charge in [0.25, 0.3) is 0 Å². The summed E-state index contributed by atoms with van der Waals surface area (Å²) in [6.45, 7) is -0.0421. The fourth-order valence-corrected chi connectivity index (χ4v) is 2.61. The summed E-state index contributed by atoms with van der Waals surface area (Å²) in [6, 6.07) is 4.55. The summed E-state index contributed by atoms with van der Waals surface area (Å²) in [7, 11) is -4.21. The van der Waals surface area contributed by atoms with Crippen molar-refractivity contribution in [2.75, 3.05) is 0 Å². The molecule has 96 valence electrons. The number of sulfonamides is 1. The third kappa shape index (κ3) is 2.57. The molecular weight excluding hydrogens is 262 g/mol. The molecule has 0 fully saturated rings. The van der Waals surface area contributed by atoms with Gasteiger partial charge in [-0.15, -0.1) is 0 Å². The predicted octanol–water partition coefficient (Wildman–Crippen LogP) is 1.77. The van der Waals surface area contributed by atoms with Gasteiger partial charge in [-0.3, -0.25) is 0 Å². The molecule has 0 amide bonds. The van der Waals surface area contributed by atoms with Crippen LogP contribution in [0, 0.1) is 11.6 Å². The minimum absolute atomic E-state index is 0.0421. The van der Waals surface area contributed by atoms with Gasteiger partial charge in [0.05, 0.1) is 0 Å². The molecule has 0 unspecified atom stereocenters. The summed E-state index contributed by atoms with van der Waals surface area (Å²) in [5.41, 5.74) is 0.662. The average Bonchev–Trinajstić information content (AvgIpc) is 2.78. The summed E-state index contributed by atoms with van der Waals surface area (Å²) < 4.78 is 52.4. The highest BCUT2D eigenvalue weighted by atomic mass is 32.2. The molecule has 1 heterocycles. The lowest BCUT2D eigenvalue weighted by atomic mass is 10.3. The summed E-state index contributed by atoms with van der Waals surface area (Å²) in [4.78, 5) is 1.79. The maximum absolute atomic E-state index is 13.3.